The lowest BCUT2D eigenvalue weighted by molar-refractivity contribution is -0.116. The van der Waals surface area contributed by atoms with Gasteiger partial charge in [-0.1, -0.05) is 60.7 Å². The molecule has 0 aliphatic carbocycles. The van der Waals surface area contributed by atoms with Crippen LogP contribution in [0.3, 0.4) is 0 Å². The van der Waals surface area contributed by atoms with Gasteiger partial charge in [0.15, 0.2) is 0 Å². The first kappa shape index (κ1) is 37.3. The minimum absolute atomic E-state index is 0.0412. The third-order valence-electron chi connectivity index (χ3n) is 7.32. The second kappa shape index (κ2) is 20.8. The molecule has 5 amide bonds. The van der Waals surface area contributed by atoms with Crippen molar-refractivity contribution in [3.05, 3.63) is 95.6 Å². The van der Waals surface area contributed by atoms with E-state index in [0.717, 1.165) is 37.3 Å². The SMILES string of the molecule is O=C(CNC(=O)OCc1ccccc1)Nc1cc(NC(=O)CNC(=O)OCc2ccccc2)cc(C(=O)N2CCNCCNCCNCC2)c1. The summed E-state index contributed by atoms with van der Waals surface area (Å²) >= 11 is 0. The van der Waals surface area contributed by atoms with Gasteiger partial charge in [0.05, 0.1) is 0 Å². The van der Waals surface area contributed by atoms with E-state index in [4.69, 9.17) is 9.47 Å². The van der Waals surface area contributed by atoms with Crippen LogP contribution in [0.4, 0.5) is 21.0 Å². The fraction of sp³-hybridized carbons (Fsp3) is 0.343. The Hall–Kier alpha value is -5.51. The Kier molecular flexibility index (Phi) is 15.5. The number of carbonyl (C=O) groups excluding carboxylic acids is 5. The smallest absolute Gasteiger partial charge is 0.407 e. The van der Waals surface area contributed by atoms with Crippen molar-refractivity contribution in [3.63, 3.8) is 0 Å². The number of nitrogens with one attached hydrogen (secondary N) is 7. The van der Waals surface area contributed by atoms with Crippen LogP contribution in [-0.2, 0) is 32.3 Å². The van der Waals surface area contributed by atoms with Crippen LogP contribution in [0.5, 0.6) is 0 Å². The maximum atomic E-state index is 13.8. The molecular weight excluding hydrogens is 644 g/mol. The van der Waals surface area contributed by atoms with E-state index < -0.39 is 37.1 Å². The minimum Gasteiger partial charge on any atom is -0.445 e. The lowest BCUT2D eigenvalue weighted by Crippen LogP contribution is -2.44. The molecule has 7 N–H and O–H groups in total. The van der Waals surface area contributed by atoms with Gasteiger partial charge in [-0.2, -0.15) is 0 Å². The fourth-order valence-corrected chi connectivity index (χ4v) is 4.81. The van der Waals surface area contributed by atoms with E-state index in [-0.39, 0.29) is 36.1 Å². The summed E-state index contributed by atoms with van der Waals surface area (Å²) in [4.78, 5) is 65.4. The maximum Gasteiger partial charge on any atom is 0.407 e. The molecule has 50 heavy (non-hydrogen) atoms. The third-order valence-corrected chi connectivity index (χ3v) is 7.32. The molecule has 1 saturated heterocycles. The summed E-state index contributed by atoms with van der Waals surface area (Å²) < 4.78 is 10.3. The number of hydrogen-bond donors (Lipinski definition) is 7. The van der Waals surface area contributed by atoms with Crippen LogP contribution < -0.4 is 37.2 Å². The average molecular weight is 689 g/mol. The highest BCUT2D eigenvalue weighted by Gasteiger charge is 2.19. The summed E-state index contributed by atoms with van der Waals surface area (Å²) in [6.07, 6.45) is -1.55. The van der Waals surface area contributed by atoms with Crippen molar-refractivity contribution < 1.29 is 33.4 Å². The first-order valence-electron chi connectivity index (χ1n) is 16.4. The molecule has 15 heteroatoms. The predicted octanol–water partition coefficient (Wildman–Crippen LogP) is 1.64. The van der Waals surface area contributed by atoms with E-state index in [9.17, 15) is 24.0 Å². The average Bonchev–Trinajstić information content (AvgIpc) is 3.12. The lowest BCUT2D eigenvalue weighted by atomic mass is 10.1. The third kappa shape index (κ3) is 13.9. The van der Waals surface area contributed by atoms with Crippen molar-refractivity contribution in [2.24, 2.45) is 0 Å². The Morgan fingerprint density at radius 3 is 1.44 bits per heavy atom. The van der Waals surface area contributed by atoms with Crippen LogP contribution in [-0.4, -0.2) is 100 Å². The Morgan fingerprint density at radius 2 is 1.00 bits per heavy atom. The summed E-state index contributed by atoms with van der Waals surface area (Å²) in [5.41, 5.74) is 2.23. The van der Waals surface area contributed by atoms with Crippen LogP contribution in [0.2, 0.25) is 0 Å². The van der Waals surface area contributed by atoms with Crippen LogP contribution in [0, 0.1) is 0 Å². The minimum atomic E-state index is -0.774. The second-order valence-electron chi connectivity index (χ2n) is 11.3. The highest BCUT2D eigenvalue weighted by Crippen LogP contribution is 2.21. The second-order valence-corrected chi connectivity index (χ2v) is 11.3. The largest absolute Gasteiger partial charge is 0.445 e. The van der Waals surface area contributed by atoms with Gasteiger partial charge in [-0.15, -0.1) is 0 Å². The molecule has 4 rings (SSSR count). The Balaban J connectivity index is 1.39. The fourth-order valence-electron chi connectivity index (χ4n) is 4.81. The van der Waals surface area contributed by atoms with Gasteiger partial charge in [-0.3, -0.25) is 14.4 Å². The van der Waals surface area contributed by atoms with E-state index in [1.165, 1.54) is 18.2 Å². The van der Waals surface area contributed by atoms with Gasteiger partial charge < -0.3 is 51.6 Å². The molecule has 266 valence electrons. The van der Waals surface area contributed by atoms with E-state index in [1.54, 1.807) is 4.90 Å². The van der Waals surface area contributed by atoms with E-state index >= 15 is 0 Å². The van der Waals surface area contributed by atoms with Gasteiger partial charge in [0.1, 0.15) is 26.3 Å². The molecular formula is C35H44N8O7. The normalized spacial score (nSPS) is 13.8. The number of amides is 5. The zero-order valence-corrected chi connectivity index (χ0v) is 27.8. The molecule has 3 aromatic carbocycles. The highest BCUT2D eigenvalue weighted by atomic mass is 16.6. The lowest BCUT2D eigenvalue weighted by Gasteiger charge is -2.25. The van der Waals surface area contributed by atoms with Crippen molar-refractivity contribution in [1.82, 2.24) is 31.5 Å². The summed E-state index contributed by atoms with van der Waals surface area (Å²) in [6, 6.07) is 22.7. The Morgan fingerprint density at radius 1 is 0.580 bits per heavy atom. The summed E-state index contributed by atoms with van der Waals surface area (Å²) in [5.74, 6) is -1.47. The topological polar surface area (TPSA) is 191 Å². The van der Waals surface area contributed by atoms with Gasteiger partial charge >= 0.3 is 12.2 Å². The number of benzene rings is 3. The summed E-state index contributed by atoms with van der Waals surface area (Å²) in [6.45, 7) is 4.41. The van der Waals surface area contributed by atoms with Crippen molar-refractivity contribution in [1.29, 1.82) is 0 Å². The van der Waals surface area contributed by atoms with Gasteiger partial charge in [0.25, 0.3) is 5.91 Å². The number of alkyl carbamates (subject to hydrolysis) is 2. The number of anilines is 2. The molecule has 0 unspecified atom stereocenters. The molecule has 0 saturated carbocycles. The molecule has 0 aromatic heterocycles. The van der Waals surface area contributed by atoms with Crippen LogP contribution >= 0.6 is 0 Å². The highest BCUT2D eigenvalue weighted by molar-refractivity contribution is 6.01. The van der Waals surface area contributed by atoms with Crippen LogP contribution in [0.25, 0.3) is 0 Å². The molecule has 1 aliphatic rings. The Bertz CT molecular complexity index is 1460. The predicted molar refractivity (Wildman–Crippen MR) is 187 cm³/mol. The molecule has 0 spiro atoms. The quantitative estimate of drug-likeness (QED) is 0.156. The first-order chi connectivity index (χ1) is 24.4. The van der Waals surface area contributed by atoms with Crippen molar-refractivity contribution >= 4 is 41.3 Å². The number of rotatable bonds is 11. The van der Waals surface area contributed by atoms with Crippen molar-refractivity contribution in [2.75, 3.05) is 76.1 Å². The standard InChI is InChI=1S/C35H44N8O7/c44-31(22-39-34(47)49-24-26-7-3-1-4-8-26)41-29-19-28(33(46)43-17-15-37-13-11-36-12-14-38-16-18-43)20-30(21-29)42-32(45)23-40-35(48)50-25-27-9-5-2-6-10-27/h1-10,19-21,36-38H,11-18,22-25H2,(H,39,47)(H,40,48)(H,41,44)(H,42,45). The van der Waals surface area contributed by atoms with Crippen molar-refractivity contribution in [3.8, 4) is 0 Å². The molecule has 0 bridgehead atoms. The number of hydrogen-bond acceptors (Lipinski definition) is 10. The van der Waals surface area contributed by atoms with E-state index in [1.807, 2.05) is 60.7 Å². The molecule has 15 nitrogen and oxygen atoms in total. The van der Waals surface area contributed by atoms with Gasteiger partial charge in [-0.25, -0.2) is 9.59 Å². The van der Waals surface area contributed by atoms with Gasteiger partial charge in [-0.05, 0) is 29.3 Å². The summed E-state index contributed by atoms with van der Waals surface area (Å²) in [5, 5.41) is 20.1. The molecule has 1 fully saturated rings. The monoisotopic (exact) mass is 688 g/mol. The van der Waals surface area contributed by atoms with E-state index in [0.29, 0.717) is 26.2 Å². The zero-order valence-electron chi connectivity index (χ0n) is 27.8. The molecule has 0 atom stereocenters. The first-order valence-corrected chi connectivity index (χ1v) is 16.4. The van der Waals surface area contributed by atoms with Gasteiger partial charge in [0, 0.05) is 69.3 Å². The number of ether oxygens (including phenoxy) is 2. The van der Waals surface area contributed by atoms with E-state index in [2.05, 4.69) is 37.2 Å². The summed E-state index contributed by atoms with van der Waals surface area (Å²) in [7, 11) is 0. The zero-order chi connectivity index (χ0) is 35.4. The maximum absolute atomic E-state index is 13.8. The molecule has 1 heterocycles. The van der Waals surface area contributed by atoms with Crippen LogP contribution in [0.1, 0.15) is 21.5 Å². The van der Waals surface area contributed by atoms with Gasteiger partial charge in [0.2, 0.25) is 11.8 Å². The number of carbonyl (C=O) groups is 5. The molecule has 1 aliphatic heterocycles. The van der Waals surface area contributed by atoms with Crippen LogP contribution in [0.15, 0.2) is 78.9 Å². The molecule has 3 aromatic rings. The Labute approximate surface area is 290 Å². The number of nitrogens with zero attached hydrogens (tertiary/aromatic N) is 1. The molecule has 0 radical (unpaired) electrons. The van der Waals surface area contributed by atoms with Crippen molar-refractivity contribution in [2.45, 2.75) is 13.2 Å².